The fourth-order valence-electron chi connectivity index (χ4n) is 7.13. The van der Waals surface area contributed by atoms with E-state index in [0.29, 0.717) is 16.2 Å². The molecule has 242 valence electrons. The minimum atomic E-state index is -0.314. The molecule has 0 amide bonds. The quantitative estimate of drug-likeness (QED) is 0.191. The summed E-state index contributed by atoms with van der Waals surface area (Å²) in [6, 6.07) is 37.8. The minimum Gasteiger partial charge on any atom is -0.0636 e. The summed E-state index contributed by atoms with van der Waals surface area (Å²) in [4.78, 5) is 0. The van der Waals surface area contributed by atoms with Crippen LogP contribution in [-0.4, -0.2) is 20.6 Å². The van der Waals surface area contributed by atoms with Crippen LogP contribution in [0.3, 0.4) is 0 Å². The van der Waals surface area contributed by atoms with E-state index in [9.17, 15) is 0 Å². The van der Waals surface area contributed by atoms with Crippen LogP contribution < -0.4 is 10.6 Å². The maximum atomic E-state index is 2.40. The highest BCUT2D eigenvalue weighted by atomic mass is 31.1. The van der Waals surface area contributed by atoms with E-state index >= 15 is 0 Å². The Morgan fingerprint density at radius 3 is 1.13 bits per heavy atom. The lowest BCUT2D eigenvalue weighted by molar-refractivity contribution is 0.714. The van der Waals surface area contributed by atoms with Gasteiger partial charge in [0, 0.05) is 0 Å². The number of rotatable bonds is 5. The van der Waals surface area contributed by atoms with Crippen LogP contribution >= 0.6 is 15.8 Å². The van der Waals surface area contributed by atoms with E-state index in [4.69, 9.17) is 0 Å². The minimum absolute atomic E-state index is 0.274. The second-order valence-electron chi connectivity index (χ2n) is 16.5. The van der Waals surface area contributed by atoms with Crippen LogP contribution in [0.2, 0.25) is 0 Å². The number of hydrogen-bond donors (Lipinski definition) is 0. The lowest BCUT2D eigenvalue weighted by Crippen LogP contribution is -2.32. The van der Waals surface area contributed by atoms with Gasteiger partial charge in [-0.15, -0.1) is 0 Å². The molecule has 0 aromatic heterocycles. The van der Waals surface area contributed by atoms with Crippen molar-refractivity contribution in [1.82, 2.24) is 0 Å². The van der Waals surface area contributed by atoms with Gasteiger partial charge in [0.15, 0.2) is 0 Å². The third kappa shape index (κ3) is 9.63. The Morgan fingerprint density at radius 1 is 0.378 bits per heavy atom. The molecular weight excluding hydrogens is 578 g/mol. The van der Waals surface area contributed by atoms with E-state index in [1.165, 1.54) is 33.1 Å². The molecule has 45 heavy (non-hydrogen) atoms. The SMILES string of the molecule is CC(C)(C)P(c1ccccc1-c1ccccc1)C(C)(C)C.CC(C)c1ccccc1-c1ccccc1P(C(C)(C)C)C(C)(C)C. The average Bonchev–Trinajstić information content (AvgIpc) is 2.91. The Morgan fingerprint density at radius 2 is 0.711 bits per heavy atom. The molecular formula is C43H60P2. The van der Waals surface area contributed by atoms with Gasteiger partial charge in [0.1, 0.15) is 0 Å². The number of hydrogen-bond acceptors (Lipinski definition) is 0. The van der Waals surface area contributed by atoms with Gasteiger partial charge in [-0.2, -0.15) is 0 Å². The molecule has 0 atom stereocenters. The largest absolute Gasteiger partial charge is 0.0636 e. The fraction of sp³-hybridized carbons (Fsp3) is 0.442. The van der Waals surface area contributed by atoms with Crippen molar-refractivity contribution in [2.45, 2.75) is 123 Å². The molecule has 0 aliphatic carbocycles. The first-order chi connectivity index (χ1) is 20.7. The average molecular weight is 639 g/mol. The van der Waals surface area contributed by atoms with Gasteiger partial charge in [0.2, 0.25) is 0 Å². The Bertz CT molecular complexity index is 1470. The molecule has 0 radical (unpaired) electrons. The van der Waals surface area contributed by atoms with Crippen molar-refractivity contribution in [1.29, 1.82) is 0 Å². The molecule has 4 rings (SSSR count). The standard InChI is InChI=1S/C23H33P.C20H27P/c1-17(2)18-13-9-10-14-19(18)20-15-11-12-16-21(20)24(22(3,4)5)23(6,7)8;1-19(2,3)21(20(4,5)6)18-15-11-10-14-17(18)16-12-8-7-9-13-16/h9-17H,1-8H3;7-15H,1-6H3. The van der Waals surface area contributed by atoms with Crippen molar-refractivity contribution in [3.05, 3.63) is 109 Å². The Labute approximate surface area is 280 Å². The van der Waals surface area contributed by atoms with Crippen molar-refractivity contribution in [3.8, 4) is 22.3 Å². The van der Waals surface area contributed by atoms with Gasteiger partial charge in [-0.3, -0.25) is 0 Å². The van der Waals surface area contributed by atoms with Crippen LogP contribution in [0.1, 0.15) is 108 Å². The summed E-state index contributed by atoms with van der Waals surface area (Å²) in [5, 5.41) is 4.20. The zero-order chi connectivity index (χ0) is 33.8. The first-order valence-corrected chi connectivity index (χ1v) is 19.4. The zero-order valence-electron chi connectivity index (χ0n) is 30.8. The highest BCUT2D eigenvalue weighted by molar-refractivity contribution is 7.69. The van der Waals surface area contributed by atoms with Crippen molar-refractivity contribution in [2.75, 3.05) is 0 Å². The van der Waals surface area contributed by atoms with Gasteiger partial charge in [-0.25, -0.2) is 0 Å². The molecule has 0 saturated heterocycles. The van der Waals surface area contributed by atoms with Crippen molar-refractivity contribution < 1.29 is 0 Å². The first kappa shape index (κ1) is 37.2. The highest BCUT2D eigenvalue weighted by Crippen LogP contribution is 2.60. The van der Waals surface area contributed by atoms with E-state index < -0.39 is 0 Å². The predicted molar refractivity (Wildman–Crippen MR) is 210 cm³/mol. The Balaban J connectivity index is 0.000000248. The molecule has 0 nitrogen and oxygen atoms in total. The Kier molecular flexibility index (Phi) is 12.1. The first-order valence-electron chi connectivity index (χ1n) is 16.7. The molecule has 0 saturated carbocycles. The summed E-state index contributed by atoms with van der Waals surface area (Å²) in [5.41, 5.74) is 7.01. The van der Waals surface area contributed by atoms with Crippen molar-refractivity contribution in [3.63, 3.8) is 0 Å². The van der Waals surface area contributed by atoms with Gasteiger partial charge >= 0.3 is 0 Å². The summed E-state index contributed by atoms with van der Waals surface area (Å²) in [6.45, 7) is 33.3. The third-order valence-electron chi connectivity index (χ3n) is 7.93. The monoisotopic (exact) mass is 638 g/mol. The lowest BCUT2D eigenvalue weighted by Gasteiger charge is -2.42. The smallest absolute Gasteiger partial charge is 0.0104 e. The normalized spacial score (nSPS) is 12.8. The third-order valence-corrected chi connectivity index (χ3v) is 15.0. The highest BCUT2D eigenvalue weighted by Gasteiger charge is 2.38. The topological polar surface area (TPSA) is 0 Å². The van der Waals surface area contributed by atoms with Crippen molar-refractivity contribution >= 4 is 26.5 Å². The van der Waals surface area contributed by atoms with E-state index in [-0.39, 0.29) is 26.2 Å². The molecule has 0 bridgehead atoms. The molecule has 4 aromatic carbocycles. The maximum absolute atomic E-state index is 2.40. The Hall–Kier alpha value is -2.26. The lowest BCUT2D eigenvalue weighted by atomic mass is 9.93. The van der Waals surface area contributed by atoms with E-state index in [2.05, 4.69) is 200 Å². The van der Waals surface area contributed by atoms with E-state index in [1.54, 1.807) is 5.30 Å². The van der Waals surface area contributed by atoms with Gasteiger partial charge in [0.25, 0.3) is 0 Å². The van der Waals surface area contributed by atoms with Crippen molar-refractivity contribution in [2.24, 2.45) is 0 Å². The van der Waals surface area contributed by atoms with Gasteiger partial charge < -0.3 is 0 Å². The van der Waals surface area contributed by atoms with E-state index in [0.717, 1.165) is 0 Å². The molecule has 0 spiro atoms. The molecule has 0 heterocycles. The molecule has 0 aliphatic heterocycles. The summed E-state index contributed by atoms with van der Waals surface area (Å²) >= 11 is 0. The molecule has 0 unspecified atom stereocenters. The molecule has 0 fully saturated rings. The van der Waals surface area contributed by atoms with Crippen LogP contribution in [0.25, 0.3) is 22.3 Å². The van der Waals surface area contributed by atoms with Crippen LogP contribution in [0.15, 0.2) is 103 Å². The second kappa shape index (κ2) is 14.7. The number of benzene rings is 4. The summed E-state index contributed by atoms with van der Waals surface area (Å²) < 4.78 is 0. The maximum Gasteiger partial charge on any atom is -0.0104 e. The molecule has 0 aliphatic rings. The summed E-state index contributed by atoms with van der Waals surface area (Å²) in [5.74, 6) is 0.532. The van der Waals surface area contributed by atoms with Crippen LogP contribution in [0, 0.1) is 0 Å². The van der Waals surface area contributed by atoms with Crippen LogP contribution in [0.5, 0.6) is 0 Å². The summed E-state index contributed by atoms with van der Waals surface area (Å²) in [6.07, 6.45) is 0. The van der Waals surface area contributed by atoms with Crippen LogP contribution in [-0.2, 0) is 0 Å². The van der Waals surface area contributed by atoms with Gasteiger partial charge in [0.05, 0.1) is 0 Å². The molecule has 0 N–H and O–H groups in total. The molecule has 2 heteroatoms. The summed E-state index contributed by atoms with van der Waals surface area (Å²) in [7, 11) is -0.596. The van der Waals surface area contributed by atoms with Crippen LogP contribution in [0.4, 0.5) is 0 Å². The van der Waals surface area contributed by atoms with Gasteiger partial charge in [-0.05, 0) is 65.0 Å². The predicted octanol–water partition coefficient (Wildman–Crippen LogP) is 13.2. The zero-order valence-corrected chi connectivity index (χ0v) is 32.6. The van der Waals surface area contributed by atoms with Gasteiger partial charge in [-0.1, -0.05) is 216 Å². The molecule has 4 aromatic rings. The second-order valence-corrected chi connectivity index (χ2v) is 24.2. The fourth-order valence-corrected chi connectivity index (χ4v) is 15.4. The van der Waals surface area contributed by atoms with E-state index in [1.807, 2.05) is 0 Å².